The summed E-state index contributed by atoms with van der Waals surface area (Å²) >= 11 is 5.90. The molecule has 3 aromatic carbocycles. The number of nitrogens with one attached hydrogen (secondary N) is 2. The van der Waals surface area contributed by atoms with Crippen LogP contribution >= 0.6 is 11.6 Å². The van der Waals surface area contributed by atoms with Crippen molar-refractivity contribution in [2.45, 2.75) is 12.6 Å². The van der Waals surface area contributed by atoms with Crippen LogP contribution in [0.2, 0.25) is 5.02 Å². The van der Waals surface area contributed by atoms with Gasteiger partial charge in [-0.15, -0.1) is 0 Å². The Bertz CT molecular complexity index is 1250. The van der Waals surface area contributed by atoms with Gasteiger partial charge < -0.3 is 10.3 Å². The summed E-state index contributed by atoms with van der Waals surface area (Å²) in [6.07, 6.45) is -4.07. The van der Waals surface area contributed by atoms with E-state index in [2.05, 4.69) is 15.3 Å². The number of carbonyl (C=O) groups excluding carboxylic acids is 1. The van der Waals surface area contributed by atoms with Crippen LogP contribution in [0.3, 0.4) is 0 Å². The molecule has 9 heteroatoms. The number of imidazole rings is 1. The molecule has 0 spiro atoms. The Balaban J connectivity index is 1.48. The van der Waals surface area contributed by atoms with Crippen molar-refractivity contribution in [3.8, 4) is 0 Å². The number of aromatic nitrogens is 2. The Morgan fingerprint density at radius 3 is 2.48 bits per heavy atom. The van der Waals surface area contributed by atoms with Crippen molar-refractivity contribution in [1.29, 1.82) is 0 Å². The lowest BCUT2D eigenvalue weighted by molar-refractivity contribution is -0.137. The van der Waals surface area contributed by atoms with Crippen LogP contribution in [0.25, 0.3) is 11.0 Å². The molecule has 0 saturated carbocycles. The Morgan fingerprint density at radius 2 is 1.81 bits per heavy atom. The van der Waals surface area contributed by atoms with Gasteiger partial charge >= 0.3 is 6.18 Å². The molecule has 4 rings (SSSR count). The maximum Gasteiger partial charge on any atom is 0.416 e. The second kappa shape index (κ2) is 8.03. The zero-order chi connectivity index (χ0) is 22.2. The van der Waals surface area contributed by atoms with Crippen LogP contribution in [-0.2, 0) is 12.6 Å². The highest BCUT2D eigenvalue weighted by Gasteiger charge is 2.30. The van der Waals surface area contributed by atoms with E-state index in [1.165, 1.54) is 18.2 Å². The molecule has 4 nitrogen and oxygen atoms in total. The highest BCUT2D eigenvalue weighted by atomic mass is 35.5. The minimum absolute atomic E-state index is 0.00712. The number of rotatable bonds is 4. The number of carbonyl (C=O) groups is 1. The second-order valence-electron chi connectivity index (χ2n) is 6.84. The van der Waals surface area contributed by atoms with Crippen LogP contribution in [0.4, 0.5) is 23.2 Å². The molecule has 0 radical (unpaired) electrons. The third-order valence-corrected chi connectivity index (χ3v) is 4.95. The van der Waals surface area contributed by atoms with Crippen LogP contribution in [0, 0.1) is 5.82 Å². The van der Waals surface area contributed by atoms with Gasteiger partial charge in [0.25, 0.3) is 5.91 Å². The van der Waals surface area contributed by atoms with E-state index in [9.17, 15) is 22.4 Å². The zero-order valence-electron chi connectivity index (χ0n) is 15.7. The SMILES string of the molecule is O=C(Nc1ccc(Cc2nc3ccc(C(F)(F)F)cc3[nH]2)cc1)c1c(F)cccc1Cl. The van der Waals surface area contributed by atoms with Crippen LogP contribution in [0.5, 0.6) is 0 Å². The van der Waals surface area contributed by atoms with Gasteiger partial charge in [0, 0.05) is 12.1 Å². The first-order valence-electron chi connectivity index (χ1n) is 9.11. The highest BCUT2D eigenvalue weighted by Crippen LogP contribution is 2.31. The van der Waals surface area contributed by atoms with Crippen molar-refractivity contribution in [2.75, 3.05) is 5.32 Å². The van der Waals surface area contributed by atoms with E-state index in [0.29, 0.717) is 29.0 Å². The molecule has 31 heavy (non-hydrogen) atoms. The van der Waals surface area contributed by atoms with E-state index >= 15 is 0 Å². The lowest BCUT2D eigenvalue weighted by Gasteiger charge is -2.08. The number of anilines is 1. The first kappa shape index (κ1) is 20.9. The second-order valence-corrected chi connectivity index (χ2v) is 7.24. The van der Waals surface area contributed by atoms with E-state index < -0.39 is 23.5 Å². The van der Waals surface area contributed by atoms with Crippen molar-refractivity contribution in [3.63, 3.8) is 0 Å². The summed E-state index contributed by atoms with van der Waals surface area (Å²) in [5.74, 6) is -0.891. The average Bonchev–Trinajstić information content (AvgIpc) is 3.10. The first-order chi connectivity index (χ1) is 14.7. The minimum atomic E-state index is -4.42. The van der Waals surface area contributed by atoms with E-state index in [4.69, 9.17) is 11.6 Å². The average molecular weight is 448 g/mol. The maximum absolute atomic E-state index is 13.9. The van der Waals surface area contributed by atoms with Gasteiger partial charge in [-0.1, -0.05) is 29.8 Å². The number of aromatic amines is 1. The van der Waals surface area contributed by atoms with Crippen LogP contribution in [0.15, 0.2) is 60.7 Å². The molecule has 0 aliphatic carbocycles. The van der Waals surface area contributed by atoms with Gasteiger partial charge in [0.2, 0.25) is 0 Å². The molecule has 158 valence electrons. The van der Waals surface area contributed by atoms with Gasteiger partial charge in [-0.3, -0.25) is 4.79 Å². The predicted molar refractivity (Wildman–Crippen MR) is 110 cm³/mol. The molecular weight excluding hydrogens is 434 g/mol. The summed E-state index contributed by atoms with van der Waals surface area (Å²) < 4.78 is 52.4. The topological polar surface area (TPSA) is 57.8 Å². The van der Waals surface area contributed by atoms with Crippen LogP contribution < -0.4 is 5.32 Å². The van der Waals surface area contributed by atoms with E-state index in [0.717, 1.165) is 23.8 Å². The number of amides is 1. The monoisotopic (exact) mass is 447 g/mol. The Morgan fingerprint density at radius 1 is 1.06 bits per heavy atom. The van der Waals surface area contributed by atoms with Gasteiger partial charge in [-0.05, 0) is 48.0 Å². The van der Waals surface area contributed by atoms with Crippen molar-refractivity contribution in [3.05, 3.63) is 94.0 Å². The Kier molecular flexibility index (Phi) is 5.41. The molecule has 1 aromatic heterocycles. The van der Waals surface area contributed by atoms with E-state index in [-0.39, 0.29) is 10.6 Å². The number of alkyl halides is 3. The Labute approximate surface area is 178 Å². The van der Waals surface area contributed by atoms with Gasteiger partial charge in [0.05, 0.1) is 27.2 Å². The fraction of sp³-hybridized carbons (Fsp3) is 0.0909. The lowest BCUT2D eigenvalue weighted by atomic mass is 10.1. The summed E-state index contributed by atoms with van der Waals surface area (Å²) in [5.41, 5.74) is 1.01. The van der Waals surface area contributed by atoms with Crippen molar-refractivity contribution in [2.24, 2.45) is 0 Å². The van der Waals surface area contributed by atoms with Gasteiger partial charge in [0.1, 0.15) is 11.6 Å². The fourth-order valence-electron chi connectivity index (χ4n) is 3.13. The predicted octanol–water partition coefficient (Wildman–Crippen LogP) is 6.22. The van der Waals surface area contributed by atoms with E-state index in [1.54, 1.807) is 24.3 Å². The number of hydrogen-bond acceptors (Lipinski definition) is 2. The van der Waals surface area contributed by atoms with Gasteiger partial charge in [0.15, 0.2) is 0 Å². The summed E-state index contributed by atoms with van der Waals surface area (Å²) in [6.45, 7) is 0. The third kappa shape index (κ3) is 4.54. The minimum Gasteiger partial charge on any atom is -0.342 e. The van der Waals surface area contributed by atoms with Crippen LogP contribution in [0.1, 0.15) is 27.3 Å². The smallest absolute Gasteiger partial charge is 0.342 e. The summed E-state index contributed by atoms with van der Waals surface area (Å²) in [5, 5.41) is 2.59. The maximum atomic E-state index is 13.9. The molecule has 1 amide bonds. The fourth-order valence-corrected chi connectivity index (χ4v) is 3.38. The number of nitrogens with zero attached hydrogens (tertiary/aromatic N) is 1. The number of halogens is 5. The highest BCUT2D eigenvalue weighted by molar-refractivity contribution is 6.34. The van der Waals surface area contributed by atoms with Crippen molar-refractivity contribution >= 4 is 34.2 Å². The largest absolute Gasteiger partial charge is 0.416 e. The molecule has 1 heterocycles. The number of hydrogen-bond donors (Lipinski definition) is 2. The number of H-pyrrole nitrogens is 1. The standard InChI is InChI=1S/C22H14ClF4N3O/c23-15-2-1-3-16(24)20(15)21(31)28-14-7-4-12(5-8-14)10-19-29-17-9-6-13(22(25,26)27)11-18(17)30-19/h1-9,11H,10H2,(H,28,31)(H,29,30). The molecule has 4 aromatic rings. The summed E-state index contributed by atoms with van der Waals surface area (Å²) in [7, 11) is 0. The van der Waals surface area contributed by atoms with E-state index in [1.807, 2.05) is 0 Å². The van der Waals surface area contributed by atoms with Crippen molar-refractivity contribution in [1.82, 2.24) is 9.97 Å². The number of fused-ring (bicyclic) bond motifs is 1. The molecule has 0 fully saturated rings. The molecule has 0 saturated heterocycles. The molecule has 0 atom stereocenters. The van der Waals surface area contributed by atoms with Crippen LogP contribution in [-0.4, -0.2) is 15.9 Å². The molecule has 2 N–H and O–H groups in total. The van der Waals surface area contributed by atoms with Gasteiger partial charge in [-0.25, -0.2) is 9.37 Å². The van der Waals surface area contributed by atoms with Crippen molar-refractivity contribution < 1.29 is 22.4 Å². The lowest BCUT2D eigenvalue weighted by Crippen LogP contribution is -2.14. The third-order valence-electron chi connectivity index (χ3n) is 4.63. The first-order valence-corrected chi connectivity index (χ1v) is 9.48. The molecule has 0 aliphatic rings. The summed E-state index contributed by atoms with van der Waals surface area (Å²) in [6, 6.07) is 14.0. The molecule has 0 bridgehead atoms. The van der Waals surface area contributed by atoms with Gasteiger partial charge in [-0.2, -0.15) is 13.2 Å². The quantitative estimate of drug-likeness (QED) is 0.365. The molecular formula is C22H14ClF4N3O. The summed E-state index contributed by atoms with van der Waals surface area (Å²) in [4.78, 5) is 19.5. The zero-order valence-corrected chi connectivity index (χ0v) is 16.5. The molecule has 0 aliphatic heterocycles. The number of benzene rings is 3. The normalized spacial score (nSPS) is 11.6. The molecule has 0 unspecified atom stereocenters. The Hall–Kier alpha value is -3.39.